The van der Waals surface area contributed by atoms with Crippen LogP contribution in [0.5, 0.6) is 0 Å². The molecule has 0 spiro atoms. The molecular formula is C25H25N5OS. The zero-order valence-corrected chi connectivity index (χ0v) is 19.3. The second kappa shape index (κ2) is 8.67. The Morgan fingerprint density at radius 3 is 2.62 bits per heavy atom. The van der Waals surface area contributed by atoms with Gasteiger partial charge in [0.05, 0.1) is 38.9 Å². The van der Waals surface area contributed by atoms with Crippen molar-refractivity contribution in [1.82, 2.24) is 19.7 Å². The molecule has 6 nitrogen and oxygen atoms in total. The van der Waals surface area contributed by atoms with E-state index in [1.54, 1.807) is 24.7 Å². The Bertz CT molecular complexity index is 1270. The van der Waals surface area contributed by atoms with Gasteiger partial charge in [-0.25, -0.2) is 9.67 Å². The lowest BCUT2D eigenvalue weighted by Crippen LogP contribution is -2.06. The summed E-state index contributed by atoms with van der Waals surface area (Å²) in [5.74, 6) is 0. The van der Waals surface area contributed by atoms with E-state index in [2.05, 4.69) is 52.9 Å². The molecule has 0 N–H and O–H groups in total. The van der Waals surface area contributed by atoms with E-state index in [9.17, 15) is 0 Å². The highest BCUT2D eigenvalue weighted by molar-refractivity contribution is 7.15. The van der Waals surface area contributed by atoms with Crippen molar-refractivity contribution in [3.8, 4) is 27.5 Å². The van der Waals surface area contributed by atoms with Gasteiger partial charge in [-0.1, -0.05) is 31.1 Å². The molecule has 1 aliphatic carbocycles. The van der Waals surface area contributed by atoms with E-state index in [1.165, 1.54) is 21.1 Å². The van der Waals surface area contributed by atoms with Crippen molar-refractivity contribution in [3.05, 3.63) is 70.1 Å². The molecule has 0 fully saturated rings. The third kappa shape index (κ3) is 3.62. The Labute approximate surface area is 191 Å². The van der Waals surface area contributed by atoms with Gasteiger partial charge in [0.25, 0.3) is 0 Å². The normalized spacial score (nSPS) is 12.7. The zero-order valence-electron chi connectivity index (χ0n) is 18.5. The number of fused-ring (bicyclic) bond motifs is 3. The first-order valence-electron chi connectivity index (χ1n) is 10.9. The number of rotatable bonds is 6. The maximum absolute atomic E-state index is 5.11. The molecule has 5 rings (SSSR count). The molecule has 0 unspecified atom stereocenters. The van der Waals surface area contributed by atoms with Crippen molar-refractivity contribution < 1.29 is 4.84 Å². The number of oxime groups is 1. The highest BCUT2D eigenvalue weighted by Crippen LogP contribution is 2.43. The smallest absolute Gasteiger partial charge is 0.106 e. The largest absolute Gasteiger partial charge is 0.399 e. The van der Waals surface area contributed by atoms with Gasteiger partial charge in [-0.3, -0.25) is 4.98 Å². The molecule has 7 heteroatoms. The number of aromatic nitrogens is 4. The molecule has 0 radical (unpaired) electrons. The molecule has 162 valence electrons. The summed E-state index contributed by atoms with van der Waals surface area (Å²) in [6, 6.07) is 12.4. The molecule has 1 aromatic carbocycles. The van der Waals surface area contributed by atoms with Gasteiger partial charge >= 0.3 is 0 Å². The van der Waals surface area contributed by atoms with Crippen LogP contribution in [0.25, 0.3) is 27.5 Å². The van der Waals surface area contributed by atoms with Crippen LogP contribution in [0.15, 0.2) is 47.8 Å². The maximum atomic E-state index is 5.11. The van der Waals surface area contributed by atoms with Crippen molar-refractivity contribution in [1.29, 1.82) is 0 Å². The van der Waals surface area contributed by atoms with Gasteiger partial charge < -0.3 is 4.84 Å². The van der Waals surface area contributed by atoms with E-state index < -0.39 is 0 Å². The van der Waals surface area contributed by atoms with Crippen molar-refractivity contribution in [2.45, 2.75) is 39.5 Å². The second-order valence-electron chi connectivity index (χ2n) is 7.72. The summed E-state index contributed by atoms with van der Waals surface area (Å²) in [5, 5.41) is 10.1. The number of pyridine rings is 1. The van der Waals surface area contributed by atoms with Crippen LogP contribution in [-0.4, -0.2) is 33.1 Å². The summed E-state index contributed by atoms with van der Waals surface area (Å²) >= 11 is 1.79. The van der Waals surface area contributed by atoms with Crippen LogP contribution in [0.4, 0.5) is 0 Å². The number of thiazole rings is 1. The topological polar surface area (TPSA) is 65.2 Å². The Hall–Kier alpha value is -3.32. The number of nitrogens with zero attached hydrogens (tertiary/aromatic N) is 5. The number of aryl methyl sites for hydroxylation is 3. The molecule has 0 bridgehead atoms. The first kappa shape index (κ1) is 20.6. The summed E-state index contributed by atoms with van der Waals surface area (Å²) in [4.78, 5) is 15.5. The van der Waals surface area contributed by atoms with E-state index in [4.69, 9.17) is 14.9 Å². The van der Waals surface area contributed by atoms with Crippen LogP contribution < -0.4 is 0 Å². The first-order valence-corrected chi connectivity index (χ1v) is 11.8. The lowest BCUT2D eigenvalue weighted by atomic mass is 9.95. The summed E-state index contributed by atoms with van der Waals surface area (Å²) in [5.41, 5.74) is 8.78. The molecule has 0 atom stereocenters. The van der Waals surface area contributed by atoms with Crippen LogP contribution in [0.3, 0.4) is 0 Å². The zero-order chi connectivity index (χ0) is 22.1. The van der Waals surface area contributed by atoms with E-state index in [0.29, 0.717) is 0 Å². The molecule has 0 aliphatic heterocycles. The quantitative estimate of drug-likeness (QED) is 0.301. The summed E-state index contributed by atoms with van der Waals surface area (Å²) in [6.07, 6.45) is 7.40. The van der Waals surface area contributed by atoms with Crippen molar-refractivity contribution in [3.63, 3.8) is 0 Å². The van der Waals surface area contributed by atoms with Gasteiger partial charge in [-0.05, 0) is 55.5 Å². The average molecular weight is 444 g/mol. The van der Waals surface area contributed by atoms with Crippen molar-refractivity contribution in [2.75, 3.05) is 7.11 Å². The number of benzene rings is 1. The van der Waals surface area contributed by atoms with Crippen LogP contribution in [-0.2, 0) is 30.5 Å². The Balaban J connectivity index is 1.67. The molecule has 4 aromatic rings. The molecule has 0 saturated carbocycles. The molecule has 32 heavy (non-hydrogen) atoms. The third-order valence-corrected chi connectivity index (χ3v) is 7.01. The van der Waals surface area contributed by atoms with Gasteiger partial charge in [-0.15, -0.1) is 11.3 Å². The Morgan fingerprint density at radius 1 is 1.09 bits per heavy atom. The van der Waals surface area contributed by atoms with Crippen LogP contribution in [0.1, 0.15) is 41.4 Å². The fraction of sp³-hybridized carbons (Fsp3) is 0.280. The monoisotopic (exact) mass is 443 g/mol. The van der Waals surface area contributed by atoms with E-state index in [0.717, 1.165) is 59.6 Å². The van der Waals surface area contributed by atoms with Crippen LogP contribution >= 0.6 is 11.3 Å². The minimum Gasteiger partial charge on any atom is -0.399 e. The van der Waals surface area contributed by atoms with Crippen LogP contribution in [0, 0.1) is 0 Å². The first-order chi connectivity index (χ1) is 15.7. The fourth-order valence-corrected chi connectivity index (χ4v) is 5.19. The molecule has 0 saturated heterocycles. The van der Waals surface area contributed by atoms with E-state index in [1.807, 2.05) is 18.3 Å². The van der Waals surface area contributed by atoms with Gasteiger partial charge in [0.15, 0.2) is 0 Å². The maximum Gasteiger partial charge on any atom is 0.106 e. The third-order valence-electron chi connectivity index (χ3n) is 5.76. The van der Waals surface area contributed by atoms with E-state index in [-0.39, 0.29) is 0 Å². The fourth-order valence-electron chi connectivity index (χ4n) is 4.08. The van der Waals surface area contributed by atoms with Gasteiger partial charge in [0, 0.05) is 23.0 Å². The summed E-state index contributed by atoms with van der Waals surface area (Å²) in [7, 11) is 1.54. The minimum atomic E-state index is 0.926. The predicted molar refractivity (Wildman–Crippen MR) is 129 cm³/mol. The number of hydrogen-bond acceptors (Lipinski definition) is 6. The molecule has 3 heterocycles. The molecular weight excluding hydrogens is 418 g/mol. The van der Waals surface area contributed by atoms with Crippen molar-refractivity contribution >= 4 is 17.6 Å². The highest BCUT2D eigenvalue weighted by atomic mass is 32.1. The van der Waals surface area contributed by atoms with Gasteiger partial charge in [0.2, 0.25) is 0 Å². The number of hydrogen-bond donors (Lipinski definition) is 0. The van der Waals surface area contributed by atoms with Gasteiger partial charge in [0.1, 0.15) is 7.11 Å². The van der Waals surface area contributed by atoms with E-state index >= 15 is 0 Å². The Kier molecular flexibility index (Phi) is 5.57. The molecule has 3 aromatic heterocycles. The molecule has 0 amide bonds. The summed E-state index contributed by atoms with van der Waals surface area (Å²) in [6.45, 7) is 4.28. The lowest BCUT2D eigenvalue weighted by molar-refractivity contribution is 0.215. The predicted octanol–water partition coefficient (Wildman–Crippen LogP) is 5.26. The van der Waals surface area contributed by atoms with Crippen molar-refractivity contribution in [2.24, 2.45) is 5.16 Å². The van der Waals surface area contributed by atoms with Crippen LogP contribution in [0.2, 0.25) is 0 Å². The lowest BCUT2D eigenvalue weighted by Gasteiger charge is -2.14. The Morgan fingerprint density at radius 2 is 1.94 bits per heavy atom. The second-order valence-corrected chi connectivity index (χ2v) is 8.81. The van der Waals surface area contributed by atoms with Gasteiger partial charge in [-0.2, -0.15) is 5.10 Å². The molecule has 1 aliphatic rings. The SMILES string of the molecule is CCc1ccc(-c2nn(-c3ccc(/C=N/OC)cc3)c3c2CCc2nc(CC)sc2-3)cn1. The minimum absolute atomic E-state index is 0.926. The highest BCUT2D eigenvalue weighted by Gasteiger charge is 2.29. The standard InChI is InChI=1S/C25H25N5OS/c1-4-18-9-8-17(15-26-18)23-20-12-13-21-25(32-22(5-2)28-21)24(20)30(29-23)19-10-6-16(7-11-19)14-27-31-3/h6-11,14-15H,4-5,12-13H2,1-3H3/b27-14+. The average Bonchev–Trinajstić information content (AvgIpc) is 3.44. The summed E-state index contributed by atoms with van der Waals surface area (Å²) < 4.78 is 2.07.